The van der Waals surface area contributed by atoms with Crippen LogP contribution >= 0.6 is 0 Å². The molecule has 302 valence electrons. The maximum Gasteiger partial charge on any atom is 0.448 e. The fourth-order valence-electron chi connectivity index (χ4n) is 5.10. The molecular weight excluding hydrogens is 828 g/mol. The Bertz CT molecular complexity index is 2340. The number of benzene rings is 3. The maximum atomic E-state index is 13.7. The van der Waals surface area contributed by atoms with E-state index in [-0.39, 0.29) is 47.0 Å². The van der Waals surface area contributed by atoms with Crippen molar-refractivity contribution in [1.29, 1.82) is 0 Å². The molecule has 1 aliphatic carbocycles. The molecule has 0 saturated carbocycles. The standard InChI is InChI=1S/C29H25F6N3O10S2.ClHO4/c1-38(12-4-7-21(39)40)27(41)16-6-3-2-5-15(16)22-17-8-10-19(36-13-28(30,31)32)25(49(42,43)44)23(17)48-24-18(22)9-11-20(26(24)50(45,46)47)37-14-29(33,34)35;2-1(3,4)5/h2-3,5-6,8-11,36H,4,7,12-14H2,1H3,(H,39,40)(H,42,43,44)(H,45,46,47);(H,2,3,4,5). The molecule has 0 saturated heterocycles. The molecule has 0 aromatic heterocycles. The summed E-state index contributed by atoms with van der Waals surface area (Å²) < 4.78 is 190. The molecule has 2 aromatic carbocycles. The van der Waals surface area contributed by atoms with Crippen molar-refractivity contribution >= 4 is 48.8 Å². The summed E-state index contributed by atoms with van der Waals surface area (Å²) in [6.07, 6.45) is -10.1. The van der Waals surface area contributed by atoms with Crippen LogP contribution in [0.1, 0.15) is 23.2 Å². The average Bonchev–Trinajstić information content (AvgIpc) is 3.01. The molecule has 0 bridgehead atoms. The Balaban J connectivity index is 0.00000152. The molecule has 1 heterocycles. The molecule has 0 atom stereocenters. The fourth-order valence-corrected chi connectivity index (χ4v) is 6.71. The van der Waals surface area contributed by atoms with E-state index < -0.39 is 100.0 Å². The highest BCUT2D eigenvalue weighted by atomic mass is 35.7. The molecule has 0 radical (unpaired) electrons. The zero-order chi connectivity index (χ0) is 41.9. The topological polar surface area (TPSA) is 298 Å². The quantitative estimate of drug-likeness (QED) is 0.0645. The number of alkyl halides is 6. The van der Waals surface area contributed by atoms with E-state index in [1.54, 1.807) is 10.3 Å². The number of carbonyl (C=O) groups is 2. The van der Waals surface area contributed by atoms with E-state index in [9.17, 15) is 61.9 Å². The van der Waals surface area contributed by atoms with Crippen LogP contribution in [0.3, 0.4) is 0 Å². The van der Waals surface area contributed by atoms with E-state index in [1.807, 2.05) is 0 Å². The first-order valence-electron chi connectivity index (χ1n) is 14.6. The summed E-state index contributed by atoms with van der Waals surface area (Å²) >= 11 is 0. The zero-order valence-electron chi connectivity index (χ0n) is 27.4. The van der Waals surface area contributed by atoms with Crippen molar-refractivity contribution in [1.82, 2.24) is 4.90 Å². The van der Waals surface area contributed by atoms with Crippen LogP contribution in [-0.4, -0.2) is 86.9 Å². The molecule has 5 N–H and O–H groups in total. The molecule has 0 fully saturated rings. The summed E-state index contributed by atoms with van der Waals surface area (Å²) in [5.74, 6) is -2.86. The van der Waals surface area contributed by atoms with Gasteiger partial charge in [0.05, 0.1) is 5.69 Å². The van der Waals surface area contributed by atoms with Crippen LogP contribution in [0, 0.1) is 10.2 Å². The lowest BCUT2D eigenvalue weighted by atomic mass is 9.90. The highest BCUT2D eigenvalue weighted by molar-refractivity contribution is 7.86. The van der Waals surface area contributed by atoms with Crippen molar-refractivity contribution in [3.8, 4) is 22.5 Å². The minimum absolute atomic E-state index is 0.0344. The number of hydrogen-bond donors (Lipinski definition) is 5. The highest BCUT2D eigenvalue weighted by Crippen LogP contribution is 2.46. The van der Waals surface area contributed by atoms with Crippen molar-refractivity contribution in [2.45, 2.75) is 35.0 Å². The number of carboxylic acids is 1. The van der Waals surface area contributed by atoms with E-state index in [1.165, 1.54) is 31.3 Å². The fraction of sp³-hybridized carbons (Fsp3) is 0.276. The third kappa shape index (κ3) is 12.5. The molecule has 1 aliphatic heterocycles. The normalized spacial score (nSPS) is 13.1. The van der Waals surface area contributed by atoms with Crippen LogP contribution in [0.4, 0.5) is 32.0 Å². The second kappa shape index (κ2) is 16.6. The van der Waals surface area contributed by atoms with Crippen LogP contribution in [-0.2, 0) is 25.0 Å². The summed E-state index contributed by atoms with van der Waals surface area (Å²) in [5, 5.41) is 9.54. The Hall–Kier alpha value is -4.60. The Morgan fingerprint density at radius 3 is 1.98 bits per heavy atom. The molecule has 2 aromatic rings. The Kier molecular flexibility index (Phi) is 13.6. The molecular formula is C29H26ClF6N3O14S2. The molecule has 26 heteroatoms. The van der Waals surface area contributed by atoms with Crippen molar-refractivity contribution in [3.63, 3.8) is 0 Å². The number of aliphatic carboxylic acids is 1. The van der Waals surface area contributed by atoms with Gasteiger partial charge in [0.25, 0.3) is 16.0 Å². The molecule has 1 amide bonds. The summed E-state index contributed by atoms with van der Waals surface area (Å²) in [5.41, 5.74) is -2.72. The molecule has 0 spiro atoms. The third-order valence-corrected chi connectivity index (χ3v) is 8.94. The average molecular weight is 854 g/mol. The third-order valence-electron chi connectivity index (χ3n) is 7.10. The number of carbonyl (C=O) groups excluding carboxylic acids is 1. The lowest BCUT2D eigenvalue weighted by molar-refractivity contribution is -2.00. The largest absolute Gasteiger partial charge is 0.481 e. The number of amides is 1. The zero-order valence-corrected chi connectivity index (χ0v) is 29.8. The van der Waals surface area contributed by atoms with E-state index in [4.69, 9.17) is 28.2 Å². The maximum absolute atomic E-state index is 13.7. The Morgan fingerprint density at radius 2 is 1.45 bits per heavy atom. The van der Waals surface area contributed by atoms with Gasteiger partial charge in [-0.05, 0) is 36.2 Å². The van der Waals surface area contributed by atoms with Crippen molar-refractivity contribution in [2.24, 2.45) is 0 Å². The lowest BCUT2D eigenvalue weighted by Crippen LogP contribution is -2.80. The van der Waals surface area contributed by atoms with Gasteiger partial charge in [0, 0.05) is 48.2 Å². The minimum Gasteiger partial charge on any atom is -0.481 e. The number of halogens is 7. The van der Waals surface area contributed by atoms with Gasteiger partial charge in [-0.2, -0.15) is 43.2 Å². The van der Waals surface area contributed by atoms with E-state index in [2.05, 4.69) is 0 Å². The summed E-state index contributed by atoms with van der Waals surface area (Å²) in [6.45, 7) is -3.71. The number of fused-ring (bicyclic) bond motifs is 2. The van der Waals surface area contributed by atoms with Gasteiger partial charge in [-0.3, -0.25) is 18.7 Å². The predicted octanol–water partition coefficient (Wildman–Crippen LogP) is -1.60. The van der Waals surface area contributed by atoms with E-state index in [0.717, 1.165) is 29.2 Å². The second-order valence-corrected chi connectivity index (χ2v) is 14.6. The number of anilines is 1. The number of nitrogens with one attached hydrogen (secondary N) is 2. The van der Waals surface area contributed by atoms with Crippen LogP contribution < -0.4 is 34.3 Å². The monoisotopic (exact) mass is 853 g/mol. The van der Waals surface area contributed by atoms with Gasteiger partial charge in [0.15, 0.2) is 16.2 Å². The SMILES string of the molecule is CN(CCCC(=O)O)C(=O)c1ccccc1-c1c2ccc(=[NH+]CC(F)(F)F)c(S(=O)(=O)O)c-2oc2c(S(=O)(=O)O)c(NCC(F)(F)F)ccc12.[O-][Cl+3]([O-])([O-])[O-]. The molecule has 2 aliphatic rings. The van der Waals surface area contributed by atoms with Gasteiger partial charge in [-0.25, -0.2) is 23.6 Å². The van der Waals surface area contributed by atoms with Crippen molar-refractivity contribution < 1.29 is 105 Å². The minimum atomic E-state index is -5.56. The summed E-state index contributed by atoms with van der Waals surface area (Å²) in [4.78, 5) is 24.9. The molecule has 55 heavy (non-hydrogen) atoms. The van der Waals surface area contributed by atoms with Gasteiger partial charge in [0.1, 0.15) is 6.54 Å². The number of rotatable bonds is 11. The van der Waals surface area contributed by atoms with Gasteiger partial charge in [-0.1, -0.05) is 18.2 Å². The summed E-state index contributed by atoms with van der Waals surface area (Å²) in [7, 11) is -14.7. The summed E-state index contributed by atoms with van der Waals surface area (Å²) in [6, 6.07) is 9.11. The Labute approximate surface area is 307 Å². The number of carboxylic acid groups (broad SMARTS) is 1. The van der Waals surface area contributed by atoms with Gasteiger partial charge in [0.2, 0.25) is 16.8 Å². The first-order valence-corrected chi connectivity index (χ1v) is 18.7. The predicted molar refractivity (Wildman–Crippen MR) is 161 cm³/mol. The Morgan fingerprint density at radius 1 is 0.873 bits per heavy atom. The molecule has 4 rings (SSSR count). The van der Waals surface area contributed by atoms with Gasteiger partial charge >= 0.3 is 28.4 Å². The second-order valence-electron chi connectivity index (χ2n) is 11.2. The van der Waals surface area contributed by atoms with Crippen LogP contribution in [0.25, 0.3) is 33.4 Å². The first-order chi connectivity index (χ1) is 25.0. The van der Waals surface area contributed by atoms with Crippen LogP contribution in [0.15, 0.2) is 62.7 Å². The van der Waals surface area contributed by atoms with Gasteiger partial charge < -0.3 is 19.7 Å². The first kappa shape index (κ1) is 44.8. The van der Waals surface area contributed by atoms with Crippen LogP contribution in [0.5, 0.6) is 0 Å². The van der Waals surface area contributed by atoms with Crippen LogP contribution in [0.2, 0.25) is 0 Å². The molecule has 0 unspecified atom stereocenters. The van der Waals surface area contributed by atoms with Crippen molar-refractivity contribution in [3.05, 3.63) is 59.5 Å². The number of hydrogen-bond acceptors (Lipinski definition) is 12. The van der Waals surface area contributed by atoms with Crippen molar-refractivity contribution in [2.75, 3.05) is 32.0 Å². The van der Waals surface area contributed by atoms with E-state index >= 15 is 0 Å². The number of nitrogens with zero attached hydrogens (tertiary/aromatic N) is 1. The smallest absolute Gasteiger partial charge is 0.448 e. The lowest BCUT2D eigenvalue weighted by Gasteiger charge is -2.22. The van der Waals surface area contributed by atoms with Gasteiger partial charge in [-0.15, -0.1) is 10.2 Å². The molecule has 17 nitrogen and oxygen atoms in total. The highest BCUT2D eigenvalue weighted by Gasteiger charge is 2.36. The van der Waals surface area contributed by atoms with E-state index in [0.29, 0.717) is 0 Å².